The van der Waals surface area contributed by atoms with E-state index in [1.54, 1.807) is 12.3 Å². The molecule has 0 unspecified atom stereocenters. The first-order chi connectivity index (χ1) is 8.58. The average Bonchev–Trinajstić information content (AvgIpc) is 2.75. The van der Waals surface area contributed by atoms with Crippen LogP contribution in [0.1, 0.15) is 21.6 Å². The summed E-state index contributed by atoms with van der Waals surface area (Å²) in [5, 5.41) is 9.34. The van der Waals surface area contributed by atoms with E-state index in [1.807, 2.05) is 6.92 Å². The number of rotatable bonds is 3. The summed E-state index contributed by atoms with van der Waals surface area (Å²) in [6, 6.07) is 4.26. The maximum absolute atomic E-state index is 13.3. The highest BCUT2D eigenvalue weighted by atomic mass is 79.9. The number of hydrogen-bond donors (Lipinski definition) is 2. The lowest BCUT2D eigenvalue weighted by atomic mass is 10.2. The highest BCUT2D eigenvalue weighted by Crippen LogP contribution is 2.16. The topological polar surface area (TPSA) is 57.8 Å². The zero-order chi connectivity index (χ0) is 13.1. The van der Waals surface area contributed by atoms with Gasteiger partial charge in [-0.05, 0) is 41.1 Å². The molecule has 4 nitrogen and oxygen atoms in total. The summed E-state index contributed by atoms with van der Waals surface area (Å²) in [5.41, 5.74) is 2.09. The van der Waals surface area contributed by atoms with Gasteiger partial charge in [-0.25, -0.2) is 4.39 Å². The lowest BCUT2D eigenvalue weighted by Crippen LogP contribution is -2.23. The van der Waals surface area contributed by atoms with Crippen LogP contribution >= 0.6 is 15.9 Å². The second-order valence-corrected chi connectivity index (χ2v) is 4.69. The first-order valence-electron chi connectivity index (χ1n) is 5.30. The van der Waals surface area contributed by atoms with Gasteiger partial charge in [-0.2, -0.15) is 5.10 Å². The minimum Gasteiger partial charge on any atom is -0.348 e. The van der Waals surface area contributed by atoms with Gasteiger partial charge in [0, 0.05) is 23.4 Å². The van der Waals surface area contributed by atoms with Crippen molar-refractivity contribution in [2.45, 2.75) is 13.5 Å². The van der Waals surface area contributed by atoms with Crippen molar-refractivity contribution in [1.82, 2.24) is 15.5 Å². The third kappa shape index (κ3) is 2.76. The number of carbonyl (C=O) groups excluding carboxylic acids is 1. The van der Waals surface area contributed by atoms with Crippen LogP contribution in [-0.4, -0.2) is 16.1 Å². The van der Waals surface area contributed by atoms with Gasteiger partial charge < -0.3 is 5.32 Å². The van der Waals surface area contributed by atoms with Crippen molar-refractivity contribution in [3.63, 3.8) is 0 Å². The van der Waals surface area contributed by atoms with Gasteiger partial charge in [-0.1, -0.05) is 0 Å². The Morgan fingerprint density at radius 3 is 2.94 bits per heavy atom. The van der Waals surface area contributed by atoms with Crippen molar-refractivity contribution in [1.29, 1.82) is 0 Å². The summed E-state index contributed by atoms with van der Waals surface area (Å²) in [7, 11) is 0. The summed E-state index contributed by atoms with van der Waals surface area (Å²) in [6.07, 6.45) is 1.65. The fourth-order valence-corrected chi connectivity index (χ4v) is 1.72. The smallest absolute Gasteiger partial charge is 0.251 e. The molecule has 0 aliphatic rings. The van der Waals surface area contributed by atoms with Crippen LogP contribution in [0.4, 0.5) is 4.39 Å². The number of hydrogen-bond acceptors (Lipinski definition) is 2. The second kappa shape index (κ2) is 5.30. The fourth-order valence-electron chi connectivity index (χ4n) is 1.47. The molecule has 1 heterocycles. The zero-order valence-electron chi connectivity index (χ0n) is 9.63. The molecule has 2 aromatic rings. The molecular formula is C12H11BrFN3O. The van der Waals surface area contributed by atoms with Crippen molar-refractivity contribution >= 4 is 21.8 Å². The lowest BCUT2D eigenvalue weighted by molar-refractivity contribution is 0.0950. The van der Waals surface area contributed by atoms with Crippen LogP contribution in [0.5, 0.6) is 0 Å². The molecule has 18 heavy (non-hydrogen) atoms. The van der Waals surface area contributed by atoms with Gasteiger partial charge in [0.05, 0.1) is 10.7 Å². The van der Waals surface area contributed by atoms with E-state index >= 15 is 0 Å². The van der Waals surface area contributed by atoms with Crippen LogP contribution in [-0.2, 0) is 6.54 Å². The van der Waals surface area contributed by atoms with E-state index in [9.17, 15) is 9.18 Å². The monoisotopic (exact) mass is 311 g/mol. The van der Waals surface area contributed by atoms with Crippen molar-refractivity contribution in [3.8, 4) is 0 Å². The van der Waals surface area contributed by atoms with Gasteiger partial charge >= 0.3 is 0 Å². The molecule has 0 bridgehead atoms. The van der Waals surface area contributed by atoms with Crippen LogP contribution in [0.15, 0.2) is 28.9 Å². The molecule has 0 radical (unpaired) electrons. The highest BCUT2D eigenvalue weighted by Gasteiger charge is 2.09. The maximum atomic E-state index is 13.3. The van der Waals surface area contributed by atoms with E-state index in [1.165, 1.54) is 12.1 Å². The quantitative estimate of drug-likeness (QED) is 0.915. The van der Waals surface area contributed by atoms with Gasteiger partial charge in [0.25, 0.3) is 5.91 Å². The Hall–Kier alpha value is -1.69. The third-order valence-electron chi connectivity index (χ3n) is 2.56. The number of halogens is 2. The Balaban J connectivity index is 2.04. The molecule has 2 rings (SSSR count). The predicted molar refractivity (Wildman–Crippen MR) is 68.6 cm³/mol. The van der Waals surface area contributed by atoms with Crippen molar-refractivity contribution in [2.75, 3.05) is 0 Å². The summed E-state index contributed by atoms with van der Waals surface area (Å²) in [4.78, 5) is 11.8. The second-order valence-electron chi connectivity index (χ2n) is 3.83. The SMILES string of the molecule is Cc1[nH]ncc1CNC(=O)c1ccc(Br)c(F)c1. The summed E-state index contributed by atoms with van der Waals surface area (Å²) in [6.45, 7) is 2.23. The average molecular weight is 312 g/mol. The Labute approximate surface area is 112 Å². The predicted octanol–water partition coefficient (Wildman–Crippen LogP) is 2.55. The molecule has 0 spiro atoms. The van der Waals surface area contributed by atoms with E-state index in [-0.39, 0.29) is 11.5 Å². The van der Waals surface area contributed by atoms with Crippen molar-refractivity contribution in [2.24, 2.45) is 0 Å². The number of aromatic nitrogens is 2. The van der Waals surface area contributed by atoms with E-state index in [0.29, 0.717) is 11.0 Å². The van der Waals surface area contributed by atoms with Crippen LogP contribution in [0.3, 0.4) is 0 Å². The zero-order valence-corrected chi connectivity index (χ0v) is 11.2. The van der Waals surface area contributed by atoms with Gasteiger partial charge in [-0.3, -0.25) is 9.89 Å². The van der Waals surface area contributed by atoms with E-state index in [0.717, 1.165) is 11.3 Å². The number of carbonyl (C=O) groups is 1. The molecule has 0 atom stereocenters. The standard InChI is InChI=1S/C12H11BrFN3O/c1-7-9(6-16-17-7)5-15-12(18)8-2-3-10(13)11(14)4-8/h2-4,6H,5H2,1H3,(H,15,18)(H,16,17). The number of amides is 1. The largest absolute Gasteiger partial charge is 0.348 e. The number of H-pyrrole nitrogens is 1. The van der Waals surface area contributed by atoms with E-state index in [2.05, 4.69) is 31.4 Å². The van der Waals surface area contributed by atoms with Crippen LogP contribution in [0, 0.1) is 12.7 Å². The normalized spacial score (nSPS) is 10.4. The molecule has 0 fully saturated rings. The summed E-state index contributed by atoms with van der Waals surface area (Å²) < 4.78 is 13.6. The minimum atomic E-state index is -0.456. The van der Waals surface area contributed by atoms with E-state index < -0.39 is 5.82 Å². The number of benzene rings is 1. The Bertz CT molecular complexity index is 582. The molecule has 0 aliphatic heterocycles. The first-order valence-corrected chi connectivity index (χ1v) is 6.09. The van der Waals surface area contributed by atoms with Crippen molar-refractivity contribution < 1.29 is 9.18 Å². The lowest BCUT2D eigenvalue weighted by Gasteiger charge is -2.05. The van der Waals surface area contributed by atoms with Crippen LogP contribution in [0.2, 0.25) is 0 Å². The first kappa shape index (κ1) is 12.8. The third-order valence-corrected chi connectivity index (χ3v) is 3.20. The van der Waals surface area contributed by atoms with Crippen LogP contribution in [0.25, 0.3) is 0 Å². The summed E-state index contributed by atoms with van der Waals surface area (Å²) in [5.74, 6) is -0.774. The van der Waals surface area contributed by atoms with Gasteiger partial charge in [0.2, 0.25) is 0 Å². The molecular weight excluding hydrogens is 301 g/mol. The number of nitrogens with zero attached hydrogens (tertiary/aromatic N) is 1. The molecule has 0 saturated carbocycles. The number of nitrogens with one attached hydrogen (secondary N) is 2. The Morgan fingerprint density at radius 1 is 1.56 bits per heavy atom. The molecule has 0 aliphatic carbocycles. The number of aryl methyl sites for hydroxylation is 1. The van der Waals surface area contributed by atoms with Crippen LogP contribution < -0.4 is 5.32 Å². The maximum Gasteiger partial charge on any atom is 0.251 e. The molecule has 94 valence electrons. The fraction of sp³-hybridized carbons (Fsp3) is 0.167. The molecule has 6 heteroatoms. The number of aromatic amines is 1. The molecule has 1 aromatic heterocycles. The molecule has 1 aromatic carbocycles. The molecule has 1 amide bonds. The Morgan fingerprint density at radius 2 is 2.33 bits per heavy atom. The van der Waals surface area contributed by atoms with Gasteiger partial charge in [0.15, 0.2) is 0 Å². The van der Waals surface area contributed by atoms with Gasteiger partial charge in [0.1, 0.15) is 5.82 Å². The van der Waals surface area contributed by atoms with Gasteiger partial charge in [-0.15, -0.1) is 0 Å². The molecule has 0 saturated heterocycles. The Kier molecular flexibility index (Phi) is 3.76. The highest BCUT2D eigenvalue weighted by molar-refractivity contribution is 9.10. The minimum absolute atomic E-state index is 0.289. The summed E-state index contributed by atoms with van der Waals surface area (Å²) >= 11 is 3.04. The molecule has 2 N–H and O–H groups in total. The van der Waals surface area contributed by atoms with E-state index in [4.69, 9.17) is 0 Å². The van der Waals surface area contributed by atoms with Crippen molar-refractivity contribution in [3.05, 3.63) is 51.5 Å².